The first-order valence-electron chi connectivity index (χ1n) is 10.5. The molecular formula is C25H26N2O2. The highest BCUT2D eigenvalue weighted by atomic mass is 16.2. The van der Waals surface area contributed by atoms with Gasteiger partial charge in [0.1, 0.15) is 0 Å². The monoisotopic (exact) mass is 386 g/mol. The summed E-state index contributed by atoms with van der Waals surface area (Å²) in [6.45, 7) is 4.21. The lowest BCUT2D eigenvalue weighted by Gasteiger charge is -2.33. The number of carbonyl (C=O) groups is 2. The molecule has 4 nitrogen and oxygen atoms in total. The van der Waals surface area contributed by atoms with E-state index >= 15 is 0 Å². The van der Waals surface area contributed by atoms with Crippen LogP contribution < -0.4 is 0 Å². The zero-order valence-electron chi connectivity index (χ0n) is 17.0. The Labute approximate surface area is 171 Å². The minimum Gasteiger partial charge on any atom is -0.271 e. The third-order valence-corrected chi connectivity index (χ3v) is 5.86. The molecule has 2 heterocycles. The number of benzene rings is 2. The molecule has 4 heteroatoms. The minimum absolute atomic E-state index is 0.0552. The molecule has 148 valence electrons. The second-order valence-corrected chi connectivity index (χ2v) is 7.64. The molecule has 2 aromatic carbocycles. The third-order valence-electron chi connectivity index (χ3n) is 5.86. The molecule has 0 saturated carbocycles. The first-order valence-corrected chi connectivity index (χ1v) is 10.5. The number of hydrogen-bond acceptors (Lipinski definition) is 3. The summed E-state index contributed by atoms with van der Waals surface area (Å²) in [7, 11) is 0. The van der Waals surface area contributed by atoms with E-state index in [-0.39, 0.29) is 17.9 Å². The van der Waals surface area contributed by atoms with Crippen LogP contribution in [0.15, 0.2) is 54.7 Å². The van der Waals surface area contributed by atoms with E-state index in [0.717, 1.165) is 54.1 Å². The quantitative estimate of drug-likeness (QED) is 0.378. The summed E-state index contributed by atoms with van der Waals surface area (Å²) in [6, 6.07) is 15.2. The Bertz CT molecular complexity index is 1040. The van der Waals surface area contributed by atoms with Crippen molar-refractivity contribution in [2.24, 2.45) is 0 Å². The van der Waals surface area contributed by atoms with Gasteiger partial charge in [-0.3, -0.25) is 19.5 Å². The van der Waals surface area contributed by atoms with Crippen LogP contribution in [-0.2, 0) is 0 Å². The predicted molar refractivity (Wildman–Crippen MR) is 116 cm³/mol. The first kappa shape index (κ1) is 19.3. The van der Waals surface area contributed by atoms with Crippen LogP contribution in [0.4, 0.5) is 0 Å². The maximum Gasteiger partial charge on any atom is 0.261 e. The smallest absolute Gasteiger partial charge is 0.261 e. The maximum atomic E-state index is 13.4. The van der Waals surface area contributed by atoms with Gasteiger partial charge in [0.15, 0.2) is 0 Å². The van der Waals surface area contributed by atoms with Gasteiger partial charge in [0.05, 0.1) is 5.69 Å². The fourth-order valence-corrected chi connectivity index (χ4v) is 4.34. The van der Waals surface area contributed by atoms with Gasteiger partial charge in [-0.05, 0) is 42.5 Å². The van der Waals surface area contributed by atoms with Crippen molar-refractivity contribution < 1.29 is 9.59 Å². The van der Waals surface area contributed by atoms with Gasteiger partial charge < -0.3 is 0 Å². The normalized spacial score (nSPS) is 14.5. The van der Waals surface area contributed by atoms with Crippen LogP contribution >= 0.6 is 0 Å². The molecule has 0 aliphatic carbocycles. The highest BCUT2D eigenvalue weighted by Gasteiger charge is 2.36. The highest BCUT2D eigenvalue weighted by Crippen LogP contribution is 2.37. The lowest BCUT2D eigenvalue weighted by Crippen LogP contribution is -2.46. The lowest BCUT2D eigenvalue weighted by molar-refractivity contribution is 0.0524. The van der Waals surface area contributed by atoms with Crippen LogP contribution in [0.3, 0.4) is 0 Å². The van der Waals surface area contributed by atoms with E-state index in [1.807, 2.05) is 48.5 Å². The second-order valence-electron chi connectivity index (χ2n) is 7.64. The molecular weight excluding hydrogens is 360 g/mol. The highest BCUT2D eigenvalue weighted by molar-refractivity contribution is 6.27. The summed E-state index contributed by atoms with van der Waals surface area (Å²) in [5.74, 6) is -0.343. The zero-order valence-corrected chi connectivity index (χ0v) is 17.0. The summed E-state index contributed by atoms with van der Waals surface area (Å²) >= 11 is 0. The van der Waals surface area contributed by atoms with Crippen LogP contribution in [0, 0.1) is 0 Å². The number of amides is 2. The number of rotatable bonds is 7. The molecule has 1 aliphatic rings. The van der Waals surface area contributed by atoms with E-state index in [1.54, 1.807) is 6.20 Å². The number of aromatic nitrogens is 1. The van der Waals surface area contributed by atoms with E-state index < -0.39 is 0 Å². The summed E-state index contributed by atoms with van der Waals surface area (Å²) < 4.78 is 0. The Morgan fingerprint density at radius 1 is 0.862 bits per heavy atom. The molecule has 0 N–H and O–H groups in total. The summed E-state index contributed by atoms with van der Waals surface area (Å²) in [5.41, 5.74) is 3.01. The summed E-state index contributed by atoms with van der Waals surface area (Å²) in [4.78, 5) is 32.7. The Hall–Kier alpha value is -3.01. The Morgan fingerprint density at radius 2 is 1.62 bits per heavy atom. The molecule has 3 aromatic rings. The molecule has 0 spiro atoms. The van der Waals surface area contributed by atoms with Crippen LogP contribution in [0.1, 0.15) is 66.7 Å². The van der Waals surface area contributed by atoms with Gasteiger partial charge in [-0.2, -0.15) is 0 Å². The van der Waals surface area contributed by atoms with E-state index in [2.05, 4.69) is 18.8 Å². The van der Waals surface area contributed by atoms with Crippen molar-refractivity contribution in [1.29, 1.82) is 0 Å². The molecule has 0 saturated heterocycles. The average Bonchev–Trinajstić information content (AvgIpc) is 2.76. The number of carbonyl (C=O) groups excluding carboxylic acids is 2. The second kappa shape index (κ2) is 8.16. The lowest BCUT2D eigenvalue weighted by atomic mass is 9.89. The Balaban J connectivity index is 1.82. The molecule has 0 bridgehead atoms. The number of hydrogen-bond donors (Lipinski definition) is 0. The van der Waals surface area contributed by atoms with E-state index in [4.69, 9.17) is 0 Å². The number of pyridine rings is 1. The van der Waals surface area contributed by atoms with Crippen LogP contribution in [0.2, 0.25) is 0 Å². The van der Waals surface area contributed by atoms with Crippen molar-refractivity contribution in [1.82, 2.24) is 9.88 Å². The fourth-order valence-electron chi connectivity index (χ4n) is 4.34. The van der Waals surface area contributed by atoms with Gasteiger partial charge in [-0.1, -0.05) is 57.4 Å². The molecule has 0 fully saturated rings. The van der Waals surface area contributed by atoms with Crippen LogP contribution in [0.25, 0.3) is 22.0 Å². The van der Waals surface area contributed by atoms with E-state index in [1.165, 1.54) is 4.90 Å². The van der Waals surface area contributed by atoms with Crippen molar-refractivity contribution in [2.75, 3.05) is 0 Å². The first-order chi connectivity index (χ1) is 14.2. The van der Waals surface area contributed by atoms with Gasteiger partial charge in [-0.15, -0.1) is 0 Å². The van der Waals surface area contributed by atoms with Crippen molar-refractivity contribution in [3.8, 4) is 11.3 Å². The van der Waals surface area contributed by atoms with Gasteiger partial charge >= 0.3 is 0 Å². The standard InChI is InChI=1S/C25H26N2O2/c1-3-5-6-10-17(4-2)27-24(28)20-12-9-11-19-18(22-13-7-8-16-26-22)14-15-21(23(19)20)25(27)29/h7-9,11-17H,3-6,10H2,1-2H3. The average molecular weight is 386 g/mol. The summed E-state index contributed by atoms with van der Waals surface area (Å²) in [6.07, 6.45) is 6.66. The molecule has 1 aliphatic heterocycles. The zero-order chi connectivity index (χ0) is 20.4. The number of nitrogens with zero attached hydrogens (tertiary/aromatic N) is 2. The molecule has 0 radical (unpaired) electrons. The number of unbranched alkanes of at least 4 members (excludes halogenated alkanes) is 2. The molecule has 1 atom stereocenters. The summed E-state index contributed by atoms with van der Waals surface area (Å²) in [5, 5.41) is 1.66. The maximum absolute atomic E-state index is 13.4. The van der Waals surface area contributed by atoms with Gasteiger partial charge in [0.2, 0.25) is 0 Å². The Morgan fingerprint density at radius 3 is 2.31 bits per heavy atom. The van der Waals surface area contributed by atoms with Crippen LogP contribution in [0.5, 0.6) is 0 Å². The van der Waals surface area contributed by atoms with Gasteiger partial charge in [0, 0.05) is 34.3 Å². The molecule has 2 amide bonds. The molecule has 1 aromatic heterocycles. The van der Waals surface area contributed by atoms with Crippen molar-refractivity contribution in [3.63, 3.8) is 0 Å². The van der Waals surface area contributed by atoms with E-state index in [9.17, 15) is 9.59 Å². The predicted octanol–water partition coefficient (Wildman–Crippen LogP) is 5.86. The number of imide groups is 1. The minimum atomic E-state index is -0.172. The molecule has 29 heavy (non-hydrogen) atoms. The SMILES string of the molecule is CCCCCC(CC)N1C(=O)c2cccc3c(-c4ccccn4)ccc(c23)C1=O. The van der Waals surface area contributed by atoms with E-state index in [0.29, 0.717) is 11.1 Å². The van der Waals surface area contributed by atoms with Crippen LogP contribution in [-0.4, -0.2) is 27.7 Å². The largest absolute Gasteiger partial charge is 0.271 e. The van der Waals surface area contributed by atoms with Gasteiger partial charge in [0.25, 0.3) is 11.8 Å². The van der Waals surface area contributed by atoms with Crippen molar-refractivity contribution in [2.45, 2.75) is 52.0 Å². The van der Waals surface area contributed by atoms with Crippen molar-refractivity contribution >= 4 is 22.6 Å². The molecule has 4 rings (SSSR count). The van der Waals surface area contributed by atoms with Gasteiger partial charge in [-0.25, -0.2) is 0 Å². The third kappa shape index (κ3) is 3.33. The Kier molecular flexibility index (Phi) is 5.43. The van der Waals surface area contributed by atoms with Crippen molar-refractivity contribution in [3.05, 3.63) is 65.9 Å². The topological polar surface area (TPSA) is 50.3 Å². The fraction of sp³-hybridized carbons (Fsp3) is 0.320. The molecule has 1 unspecified atom stereocenters.